The van der Waals surface area contributed by atoms with E-state index in [0.29, 0.717) is 5.25 Å². The zero-order valence-electron chi connectivity index (χ0n) is 10.9. The van der Waals surface area contributed by atoms with Crippen LogP contribution in [0.2, 0.25) is 0 Å². The molecule has 19 heavy (non-hydrogen) atoms. The Labute approximate surface area is 122 Å². The van der Waals surface area contributed by atoms with Gasteiger partial charge < -0.3 is 5.32 Å². The molecular weight excluding hydrogens is 274 g/mol. The first-order chi connectivity index (χ1) is 9.34. The standard InChI is InChI=1S/C14H17N3S2/c1-10-3-2-4-12-13(10)14(17-9-16-12)15-7-11-8-18-5-6-19-11/h2-4,9,11H,5-8H2,1H3,(H,15,16,17). The van der Waals surface area contributed by atoms with Crippen LogP contribution in [-0.2, 0) is 0 Å². The van der Waals surface area contributed by atoms with Crippen LogP contribution in [0.25, 0.3) is 10.9 Å². The summed E-state index contributed by atoms with van der Waals surface area (Å²) < 4.78 is 0. The Morgan fingerprint density at radius 3 is 3.11 bits per heavy atom. The maximum absolute atomic E-state index is 4.41. The molecule has 1 aliphatic rings. The van der Waals surface area contributed by atoms with Crippen molar-refractivity contribution in [3.05, 3.63) is 30.1 Å². The zero-order valence-corrected chi connectivity index (χ0v) is 12.6. The monoisotopic (exact) mass is 291 g/mol. The van der Waals surface area contributed by atoms with Crippen molar-refractivity contribution in [2.75, 3.05) is 29.1 Å². The van der Waals surface area contributed by atoms with Crippen LogP contribution in [0.1, 0.15) is 5.56 Å². The lowest BCUT2D eigenvalue weighted by Crippen LogP contribution is -2.23. The van der Waals surface area contributed by atoms with Crippen molar-refractivity contribution in [2.24, 2.45) is 0 Å². The predicted molar refractivity (Wildman–Crippen MR) is 86.3 cm³/mol. The molecule has 0 aliphatic carbocycles. The van der Waals surface area contributed by atoms with Gasteiger partial charge in [0.15, 0.2) is 0 Å². The number of hydrogen-bond acceptors (Lipinski definition) is 5. The first-order valence-electron chi connectivity index (χ1n) is 6.48. The Morgan fingerprint density at radius 2 is 2.26 bits per heavy atom. The molecule has 3 rings (SSSR count). The molecule has 2 heterocycles. The normalized spacial score (nSPS) is 19.5. The Balaban J connectivity index is 1.80. The number of aromatic nitrogens is 2. The molecule has 1 N–H and O–H groups in total. The molecule has 1 aromatic carbocycles. The van der Waals surface area contributed by atoms with E-state index >= 15 is 0 Å². The van der Waals surface area contributed by atoms with Gasteiger partial charge in [0.2, 0.25) is 0 Å². The lowest BCUT2D eigenvalue weighted by atomic mass is 10.1. The quantitative estimate of drug-likeness (QED) is 0.940. The highest BCUT2D eigenvalue weighted by atomic mass is 32.2. The number of anilines is 1. The summed E-state index contributed by atoms with van der Waals surface area (Å²) in [5.41, 5.74) is 2.24. The molecule has 3 nitrogen and oxygen atoms in total. The Hall–Kier alpha value is -0.940. The molecule has 1 atom stereocenters. The molecule has 0 spiro atoms. The van der Waals surface area contributed by atoms with Crippen molar-refractivity contribution in [2.45, 2.75) is 12.2 Å². The summed E-state index contributed by atoms with van der Waals surface area (Å²) in [5.74, 6) is 4.76. The highest BCUT2D eigenvalue weighted by molar-refractivity contribution is 8.06. The number of fused-ring (bicyclic) bond motifs is 1. The second-order valence-corrected chi connectivity index (χ2v) is 7.20. The number of aryl methyl sites for hydroxylation is 1. The topological polar surface area (TPSA) is 37.8 Å². The SMILES string of the molecule is Cc1cccc2ncnc(NCC3CSCCS3)c12. The van der Waals surface area contributed by atoms with Gasteiger partial charge in [-0.25, -0.2) is 9.97 Å². The van der Waals surface area contributed by atoms with Crippen molar-refractivity contribution in [3.8, 4) is 0 Å². The van der Waals surface area contributed by atoms with Crippen molar-refractivity contribution < 1.29 is 0 Å². The van der Waals surface area contributed by atoms with Crippen molar-refractivity contribution in [3.63, 3.8) is 0 Å². The summed E-state index contributed by atoms with van der Waals surface area (Å²) in [6.45, 7) is 3.10. The maximum Gasteiger partial charge on any atom is 0.137 e. The van der Waals surface area contributed by atoms with Crippen LogP contribution >= 0.6 is 23.5 Å². The van der Waals surface area contributed by atoms with Crippen LogP contribution in [0.15, 0.2) is 24.5 Å². The second-order valence-electron chi connectivity index (χ2n) is 4.64. The summed E-state index contributed by atoms with van der Waals surface area (Å²) in [4.78, 5) is 8.75. The average molecular weight is 291 g/mol. The third kappa shape index (κ3) is 2.98. The van der Waals surface area contributed by atoms with Crippen LogP contribution < -0.4 is 5.32 Å². The minimum atomic E-state index is 0.688. The van der Waals surface area contributed by atoms with Crippen molar-refractivity contribution >= 4 is 40.2 Å². The van der Waals surface area contributed by atoms with E-state index in [1.165, 1.54) is 22.8 Å². The minimum absolute atomic E-state index is 0.688. The van der Waals surface area contributed by atoms with E-state index in [1.54, 1.807) is 6.33 Å². The molecule has 5 heteroatoms. The lowest BCUT2D eigenvalue weighted by molar-refractivity contribution is 0.993. The molecule has 100 valence electrons. The largest absolute Gasteiger partial charge is 0.368 e. The Morgan fingerprint density at radius 1 is 1.32 bits per heavy atom. The summed E-state index contributed by atoms with van der Waals surface area (Å²) in [6, 6.07) is 6.20. The Kier molecular flexibility index (Phi) is 4.13. The molecular formula is C14H17N3S2. The number of nitrogens with one attached hydrogen (secondary N) is 1. The maximum atomic E-state index is 4.41. The summed E-state index contributed by atoms with van der Waals surface area (Å²) in [5, 5.41) is 5.35. The third-order valence-electron chi connectivity index (χ3n) is 3.25. The van der Waals surface area contributed by atoms with Gasteiger partial charge in [0, 0.05) is 34.4 Å². The third-order valence-corrected chi connectivity index (χ3v) is 6.10. The minimum Gasteiger partial charge on any atom is -0.368 e. The van der Waals surface area contributed by atoms with Gasteiger partial charge in [0.1, 0.15) is 12.1 Å². The number of nitrogens with zero attached hydrogens (tertiary/aromatic N) is 2. The van der Waals surface area contributed by atoms with Gasteiger partial charge in [-0.3, -0.25) is 0 Å². The molecule has 0 amide bonds. The van der Waals surface area contributed by atoms with E-state index in [-0.39, 0.29) is 0 Å². The van der Waals surface area contributed by atoms with Gasteiger partial charge in [-0.05, 0) is 18.6 Å². The van der Waals surface area contributed by atoms with Gasteiger partial charge in [-0.1, -0.05) is 12.1 Å². The number of rotatable bonds is 3. The summed E-state index contributed by atoms with van der Waals surface area (Å²) in [6.07, 6.45) is 1.65. The van der Waals surface area contributed by atoms with E-state index in [1.807, 2.05) is 12.1 Å². The Bertz CT molecular complexity index is 562. The highest BCUT2D eigenvalue weighted by Gasteiger charge is 2.15. The van der Waals surface area contributed by atoms with Crippen molar-refractivity contribution in [1.29, 1.82) is 0 Å². The average Bonchev–Trinajstić information content (AvgIpc) is 2.46. The van der Waals surface area contributed by atoms with E-state index in [2.05, 4.69) is 51.8 Å². The van der Waals surface area contributed by atoms with Gasteiger partial charge in [0.05, 0.1) is 5.52 Å². The van der Waals surface area contributed by atoms with Crippen LogP contribution in [-0.4, -0.2) is 39.0 Å². The summed E-state index contributed by atoms with van der Waals surface area (Å²) in [7, 11) is 0. The van der Waals surface area contributed by atoms with Gasteiger partial charge >= 0.3 is 0 Å². The van der Waals surface area contributed by atoms with E-state index in [0.717, 1.165) is 23.3 Å². The molecule has 1 fully saturated rings. The van der Waals surface area contributed by atoms with Crippen LogP contribution in [0, 0.1) is 6.92 Å². The second kappa shape index (κ2) is 6.01. The summed E-state index contributed by atoms with van der Waals surface area (Å²) >= 11 is 4.12. The molecule has 1 saturated heterocycles. The van der Waals surface area contributed by atoms with Gasteiger partial charge in [-0.2, -0.15) is 23.5 Å². The molecule has 0 bridgehead atoms. The number of thioether (sulfide) groups is 2. The molecule has 1 aromatic heterocycles. The van der Waals surface area contributed by atoms with E-state index in [4.69, 9.17) is 0 Å². The van der Waals surface area contributed by atoms with Gasteiger partial charge in [-0.15, -0.1) is 0 Å². The van der Waals surface area contributed by atoms with Crippen LogP contribution in [0.3, 0.4) is 0 Å². The fourth-order valence-corrected chi connectivity index (χ4v) is 4.89. The van der Waals surface area contributed by atoms with E-state index in [9.17, 15) is 0 Å². The molecule has 2 aromatic rings. The van der Waals surface area contributed by atoms with Crippen LogP contribution in [0.5, 0.6) is 0 Å². The fraction of sp³-hybridized carbons (Fsp3) is 0.429. The molecule has 0 radical (unpaired) electrons. The zero-order chi connectivity index (χ0) is 13.1. The lowest BCUT2D eigenvalue weighted by Gasteiger charge is -2.21. The highest BCUT2D eigenvalue weighted by Crippen LogP contribution is 2.26. The van der Waals surface area contributed by atoms with Crippen LogP contribution in [0.4, 0.5) is 5.82 Å². The first kappa shape index (κ1) is 13.1. The smallest absolute Gasteiger partial charge is 0.137 e. The fourth-order valence-electron chi connectivity index (χ4n) is 2.28. The predicted octanol–water partition coefficient (Wildman–Crippen LogP) is 3.20. The number of benzene rings is 1. The van der Waals surface area contributed by atoms with Gasteiger partial charge in [0.25, 0.3) is 0 Å². The number of hydrogen-bond donors (Lipinski definition) is 1. The molecule has 0 saturated carbocycles. The first-order valence-corrected chi connectivity index (χ1v) is 8.68. The molecule has 1 unspecified atom stereocenters. The molecule has 1 aliphatic heterocycles. The van der Waals surface area contributed by atoms with Crippen molar-refractivity contribution in [1.82, 2.24) is 9.97 Å². The van der Waals surface area contributed by atoms with E-state index < -0.39 is 0 Å².